The SMILES string of the molecule is Cc1nccn1Cc1cccc(CNC(=O)CN2C(=O)CSc3ccccc32)c1. The lowest BCUT2D eigenvalue weighted by atomic mass is 10.1. The van der Waals surface area contributed by atoms with Gasteiger partial charge < -0.3 is 14.8 Å². The van der Waals surface area contributed by atoms with Gasteiger partial charge in [0.2, 0.25) is 11.8 Å². The Labute approximate surface area is 173 Å². The van der Waals surface area contributed by atoms with Crippen molar-refractivity contribution in [1.29, 1.82) is 0 Å². The average Bonchev–Trinajstić information content (AvgIpc) is 3.13. The molecule has 0 spiro atoms. The van der Waals surface area contributed by atoms with Crippen LogP contribution in [0.5, 0.6) is 0 Å². The Bertz CT molecular complexity index is 1050. The van der Waals surface area contributed by atoms with Gasteiger partial charge in [0.05, 0.1) is 11.4 Å². The first-order valence-corrected chi connectivity index (χ1v) is 10.4. The lowest BCUT2D eigenvalue weighted by molar-refractivity contribution is -0.123. The van der Waals surface area contributed by atoms with Crippen LogP contribution in [0.3, 0.4) is 0 Å². The van der Waals surface area contributed by atoms with Gasteiger partial charge in [-0.1, -0.05) is 36.4 Å². The number of fused-ring (bicyclic) bond motifs is 1. The molecule has 2 amide bonds. The van der Waals surface area contributed by atoms with Gasteiger partial charge in [-0.25, -0.2) is 4.98 Å². The van der Waals surface area contributed by atoms with Crippen molar-refractivity contribution in [2.45, 2.75) is 24.9 Å². The second-order valence-corrected chi connectivity index (χ2v) is 7.95. The van der Waals surface area contributed by atoms with E-state index in [-0.39, 0.29) is 18.4 Å². The van der Waals surface area contributed by atoms with Gasteiger partial charge in [0, 0.05) is 30.4 Å². The van der Waals surface area contributed by atoms with Gasteiger partial charge in [-0.3, -0.25) is 9.59 Å². The van der Waals surface area contributed by atoms with Gasteiger partial charge in [0.1, 0.15) is 12.4 Å². The van der Waals surface area contributed by atoms with Crippen LogP contribution >= 0.6 is 11.8 Å². The number of hydrogen-bond donors (Lipinski definition) is 1. The summed E-state index contributed by atoms with van der Waals surface area (Å²) in [6.45, 7) is 3.17. The topological polar surface area (TPSA) is 67.2 Å². The number of amides is 2. The van der Waals surface area contributed by atoms with Crippen molar-refractivity contribution >= 4 is 29.3 Å². The molecule has 0 bridgehead atoms. The van der Waals surface area contributed by atoms with E-state index in [4.69, 9.17) is 0 Å². The zero-order valence-corrected chi connectivity index (χ0v) is 17.0. The number of thioether (sulfide) groups is 1. The second-order valence-electron chi connectivity index (χ2n) is 6.94. The Morgan fingerprint density at radius 2 is 2.00 bits per heavy atom. The van der Waals surface area contributed by atoms with E-state index in [0.717, 1.165) is 34.1 Å². The van der Waals surface area contributed by atoms with E-state index in [1.54, 1.807) is 11.1 Å². The van der Waals surface area contributed by atoms with Crippen molar-refractivity contribution in [1.82, 2.24) is 14.9 Å². The second kappa shape index (κ2) is 8.53. The van der Waals surface area contributed by atoms with Crippen LogP contribution in [0.4, 0.5) is 5.69 Å². The van der Waals surface area contributed by atoms with Crippen molar-refractivity contribution in [3.05, 3.63) is 77.9 Å². The van der Waals surface area contributed by atoms with Crippen molar-refractivity contribution in [3.63, 3.8) is 0 Å². The fourth-order valence-electron chi connectivity index (χ4n) is 3.33. The van der Waals surface area contributed by atoms with Crippen LogP contribution in [0.15, 0.2) is 65.8 Å². The van der Waals surface area contributed by atoms with E-state index in [9.17, 15) is 9.59 Å². The maximum atomic E-state index is 12.5. The molecule has 2 heterocycles. The number of hydrogen-bond acceptors (Lipinski definition) is 4. The first kappa shape index (κ1) is 19.3. The summed E-state index contributed by atoms with van der Waals surface area (Å²) in [5.41, 5.74) is 2.98. The van der Waals surface area contributed by atoms with Crippen molar-refractivity contribution < 1.29 is 9.59 Å². The highest BCUT2D eigenvalue weighted by Gasteiger charge is 2.26. The molecule has 0 unspecified atom stereocenters. The molecule has 1 N–H and O–H groups in total. The molecule has 29 heavy (non-hydrogen) atoms. The molecule has 0 radical (unpaired) electrons. The number of aromatic nitrogens is 2. The van der Waals surface area contributed by atoms with Crippen LogP contribution < -0.4 is 10.2 Å². The maximum absolute atomic E-state index is 12.5. The third kappa shape index (κ3) is 4.51. The molecule has 0 fully saturated rings. The zero-order valence-electron chi connectivity index (χ0n) is 16.2. The van der Waals surface area contributed by atoms with Crippen LogP contribution in [-0.4, -0.2) is 33.7 Å². The minimum atomic E-state index is -0.170. The summed E-state index contributed by atoms with van der Waals surface area (Å²) in [5, 5.41) is 2.94. The molecule has 1 aromatic heterocycles. The summed E-state index contributed by atoms with van der Waals surface area (Å²) in [7, 11) is 0. The predicted molar refractivity (Wildman–Crippen MR) is 114 cm³/mol. The van der Waals surface area contributed by atoms with Crippen molar-refractivity contribution in [3.8, 4) is 0 Å². The summed E-state index contributed by atoms with van der Waals surface area (Å²) in [5.74, 6) is 1.12. The highest BCUT2D eigenvalue weighted by atomic mass is 32.2. The summed E-state index contributed by atoms with van der Waals surface area (Å²) in [4.78, 5) is 31.7. The molecule has 0 atom stereocenters. The first-order valence-electron chi connectivity index (χ1n) is 9.44. The molecule has 2 aromatic carbocycles. The Morgan fingerprint density at radius 1 is 1.17 bits per heavy atom. The summed E-state index contributed by atoms with van der Waals surface area (Å²) in [6.07, 6.45) is 3.74. The largest absolute Gasteiger partial charge is 0.350 e. The molecule has 0 saturated carbocycles. The third-order valence-electron chi connectivity index (χ3n) is 4.87. The van der Waals surface area contributed by atoms with Crippen LogP contribution in [-0.2, 0) is 22.7 Å². The minimum absolute atomic E-state index is 0.0321. The number of benzene rings is 2. The van der Waals surface area contributed by atoms with Gasteiger partial charge in [-0.2, -0.15) is 0 Å². The van der Waals surface area contributed by atoms with Crippen LogP contribution in [0.25, 0.3) is 0 Å². The molecule has 4 rings (SSSR count). The number of carbonyl (C=O) groups excluding carboxylic acids is 2. The molecular formula is C22H22N4O2S. The highest BCUT2D eigenvalue weighted by molar-refractivity contribution is 8.00. The molecule has 3 aromatic rings. The summed E-state index contributed by atoms with van der Waals surface area (Å²) >= 11 is 1.51. The number of para-hydroxylation sites is 1. The molecule has 0 aliphatic carbocycles. The molecule has 1 aliphatic heterocycles. The van der Waals surface area contributed by atoms with E-state index >= 15 is 0 Å². The van der Waals surface area contributed by atoms with Crippen LogP contribution in [0.1, 0.15) is 17.0 Å². The quantitative estimate of drug-likeness (QED) is 0.683. The minimum Gasteiger partial charge on any atom is -0.350 e. The summed E-state index contributed by atoms with van der Waals surface area (Å²) in [6, 6.07) is 15.8. The standard InChI is InChI=1S/C22H22N4O2S/c1-16-23-9-10-25(16)13-18-6-4-5-17(11-18)12-24-21(27)14-26-19-7-2-3-8-20(19)29-15-22(26)28/h2-11H,12-15H2,1H3,(H,24,27). The highest BCUT2D eigenvalue weighted by Crippen LogP contribution is 2.34. The van der Waals surface area contributed by atoms with Gasteiger partial charge in [-0.15, -0.1) is 11.8 Å². The van der Waals surface area contributed by atoms with Crippen molar-refractivity contribution in [2.75, 3.05) is 17.2 Å². The van der Waals surface area contributed by atoms with Gasteiger partial charge in [0.25, 0.3) is 0 Å². The number of carbonyl (C=O) groups is 2. The zero-order chi connectivity index (χ0) is 20.2. The van der Waals surface area contributed by atoms with Gasteiger partial charge >= 0.3 is 0 Å². The Kier molecular flexibility index (Phi) is 5.67. The fourth-order valence-corrected chi connectivity index (χ4v) is 4.27. The maximum Gasteiger partial charge on any atom is 0.240 e. The Hall–Kier alpha value is -3.06. The predicted octanol–water partition coefficient (Wildman–Crippen LogP) is 2.99. The number of nitrogens with zero attached hydrogens (tertiary/aromatic N) is 3. The average molecular weight is 407 g/mol. The summed E-state index contributed by atoms with van der Waals surface area (Å²) < 4.78 is 2.08. The Balaban J connectivity index is 1.37. The smallest absolute Gasteiger partial charge is 0.240 e. The van der Waals surface area contributed by atoms with E-state index < -0.39 is 0 Å². The number of rotatable bonds is 6. The van der Waals surface area contributed by atoms with Crippen LogP contribution in [0, 0.1) is 6.92 Å². The van der Waals surface area contributed by atoms with E-state index in [1.165, 1.54) is 11.8 Å². The molecule has 0 saturated heterocycles. The number of imidazole rings is 1. The molecule has 148 valence electrons. The first-order chi connectivity index (χ1) is 14.1. The van der Waals surface area contributed by atoms with Gasteiger partial charge in [0.15, 0.2) is 0 Å². The van der Waals surface area contributed by atoms with Crippen molar-refractivity contribution in [2.24, 2.45) is 0 Å². The molecular weight excluding hydrogens is 384 g/mol. The molecule has 7 heteroatoms. The lowest BCUT2D eigenvalue weighted by Gasteiger charge is -2.28. The lowest BCUT2D eigenvalue weighted by Crippen LogP contribution is -2.43. The number of aryl methyl sites for hydroxylation is 1. The Morgan fingerprint density at radius 3 is 2.83 bits per heavy atom. The van der Waals surface area contributed by atoms with Crippen LogP contribution in [0.2, 0.25) is 0 Å². The molecule has 1 aliphatic rings. The monoisotopic (exact) mass is 406 g/mol. The normalized spacial score (nSPS) is 13.3. The van der Waals surface area contributed by atoms with Gasteiger partial charge in [-0.05, 0) is 30.2 Å². The fraction of sp³-hybridized carbons (Fsp3) is 0.227. The number of nitrogens with one attached hydrogen (secondary N) is 1. The number of anilines is 1. The van der Waals surface area contributed by atoms with E-state index in [2.05, 4.69) is 27.0 Å². The third-order valence-corrected chi connectivity index (χ3v) is 5.92. The molecule has 6 nitrogen and oxygen atoms in total. The van der Waals surface area contributed by atoms with E-state index in [0.29, 0.717) is 12.3 Å². The van der Waals surface area contributed by atoms with E-state index in [1.807, 2.05) is 49.5 Å².